The molecule has 0 saturated carbocycles. The first-order chi connectivity index (χ1) is 12.3. The zero-order chi connectivity index (χ0) is 18.9. The molecule has 2 aromatic rings. The molecule has 138 valence electrons. The maximum absolute atomic E-state index is 13.6. The van der Waals surface area contributed by atoms with Crippen LogP contribution in [0.15, 0.2) is 43.0 Å². The van der Waals surface area contributed by atoms with Gasteiger partial charge in [0.15, 0.2) is 0 Å². The molecule has 4 heteroatoms. The van der Waals surface area contributed by atoms with Crippen LogP contribution < -0.4 is 5.32 Å². The summed E-state index contributed by atoms with van der Waals surface area (Å²) >= 11 is 0. The predicted octanol–water partition coefficient (Wildman–Crippen LogP) is 5.78. The lowest BCUT2D eigenvalue weighted by atomic mass is 9.99. The van der Waals surface area contributed by atoms with Crippen molar-refractivity contribution in [2.45, 2.75) is 45.7 Å². The lowest BCUT2D eigenvalue weighted by Gasteiger charge is -2.23. The number of aryl methyl sites for hydroxylation is 1. The van der Waals surface area contributed by atoms with Gasteiger partial charge in [-0.15, -0.1) is 0 Å². The maximum Gasteiger partial charge on any atom is 0.270 e. The Hall–Kier alpha value is -2.36. The van der Waals surface area contributed by atoms with Crippen LogP contribution in [0.2, 0.25) is 0 Å². The van der Waals surface area contributed by atoms with Gasteiger partial charge in [0.05, 0.1) is 0 Å². The minimum absolute atomic E-state index is 0.0764. The maximum atomic E-state index is 13.6. The second-order valence-electron chi connectivity index (χ2n) is 7.05. The number of nitrogens with zero attached hydrogens (tertiary/aromatic N) is 1. The summed E-state index contributed by atoms with van der Waals surface area (Å²) in [7, 11) is 1.90. The van der Waals surface area contributed by atoms with E-state index in [4.69, 9.17) is 0 Å². The van der Waals surface area contributed by atoms with E-state index in [1.54, 1.807) is 6.07 Å². The Morgan fingerprint density at radius 3 is 2.54 bits per heavy atom. The number of hydrogen-bond donors (Lipinski definition) is 1. The van der Waals surface area contributed by atoms with Crippen LogP contribution >= 0.6 is 0 Å². The highest BCUT2D eigenvalue weighted by atomic mass is 19.3. The number of anilines is 1. The number of alkyl halides is 2. The van der Waals surface area contributed by atoms with Crippen molar-refractivity contribution in [1.29, 1.82) is 0 Å². The first kappa shape index (κ1) is 18.4. The molecule has 0 unspecified atom stereocenters. The fourth-order valence-electron chi connectivity index (χ4n) is 3.52. The molecular weight excluding hydrogens is 330 g/mol. The second-order valence-corrected chi connectivity index (χ2v) is 7.05. The number of rotatable bonds is 6. The molecule has 0 aliphatic carbocycles. The summed E-state index contributed by atoms with van der Waals surface area (Å²) < 4.78 is 27.3. The number of nitrogens with one attached hydrogen (secondary N) is 1. The Balaban J connectivity index is 1.88. The Labute approximate surface area is 154 Å². The number of fused-ring (bicyclic) bond motifs is 1. The van der Waals surface area contributed by atoms with Crippen LogP contribution in [0.4, 0.5) is 14.5 Å². The van der Waals surface area contributed by atoms with Crippen LogP contribution in [0.25, 0.3) is 5.70 Å². The normalized spacial score (nSPS) is 13.7. The highest BCUT2D eigenvalue weighted by Gasteiger charge is 2.28. The van der Waals surface area contributed by atoms with Crippen LogP contribution in [0, 0.1) is 0 Å². The third-order valence-corrected chi connectivity index (χ3v) is 5.05. The van der Waals surface area contributed by atoms with Crippen LogP contribution in [0.1, 0.15) is 48.1 Å². The molecule has 2 nitrogen and oxygen atoms in total. The molecule has 1 aliphatic heterocycles. The average molecular weight is 356 g/mol. The smallest absolute Gasteiger partial charge is 0.270 e. The van der Waals surface area contributed by atoms with Gasteiger partial charge in [-0.2, -0.15) is 0 Å². The summed E-state index contributed by atoms with van der Waals surface area (Å²) in [6.45, 7) is 8.76. The Kier molecular flexibility index (Phi) is 5.03. The van der Waals surface area contributed by atoms with Crippen LogP contribution in [-0.2, 0) is 25.4 Å². The highest BCUT2D eigenvalue weighted by Crippen LogP contribution is 2.35. The van der Waals surface area contributed by atoms with Gasteiger partial charge in [-0.25, -0.2) is 8.78 Å². The zero-order valence-electron chi connectivity index (χ0n) is 15.7. The van der Waals surface area contributed by atoms with Crippen molar-refractivity contribution in [1.82, 2.24) is 4.90 Å². The molecule has 2 aromatic carbocycles. The molecule has 1 N–H and O–H groups in total. The van der Waals surface area contributed by atoms with Crippen LogP contribution in [-0.4, -0.2) is 11.9 Å². The fraction of sp³-hybridized carbons (Fsp3) is 0.364. The Bertz CT molecular complexity index is 821. The van der Waals surface area contributed by atoms with Crippen LogP contribution in [0.3, 0.4) is 0 Å². The van der Waals surface area contributed by atoms with Gasteiger partial charge in [-0.1, -0.05) is 38.1 Å². The Morgan fingerprint density at radius 2 is 1.88 bits per heavy atom. The molecule has 0 atom stereocenters. The SMILES string of the molecule is C=C(c1cc(NC)ccc1CCC)N1Cc2ccc(C(C)(F)F)cc2C1. The van der Waals surface area contributed by atoms with Crippen molar-refractivity contribution in [2.24, 2.45) is 0 Å². The van der Waals surface area contributed by atoms with Gasteiger partial charge in [0.1, 0.15) is 0 Å². The van der Waals surface area contributed by atoms with E-state index in [0.29, 0.717) is 13.1 Å². The van der Waals surface area contributed by atoms with Crippen molar-refractivity contribution in [3.05, 3.63) is 70.8 Å². The van der Waals surface area contributed by atoms with Crippen LogP contribution in [0.5, 0.6) is 0 Å². The quantitative estimate of drug-likeness (QED) is 0.706. The topological polar surface area (TPSA) is 15.3 Å². The molecule has 0 radical (unpaired) electrons. The molecule has 26 heavy (non-hydrogen) atoms. The van der Waals surface area contributed by atoms with Crippen molar-refractivity contribution in [3.8, 4) is 0 Å². The van der Waals surface area contributed by atoms with E-state index in [2.05, 4.69) is 41.9 Å². The zero-order valence-corrected chi connectivity index (χ0v) is 15.7. The van der Waals surface area contributed by atoms with Gasteiger partial charge >= 0.3 is 0 Å². The van der Waals surface area contributed by atoms with E-state index >= 15 is 0 Å². The first-order valence-corrected chi connectivity index (χ1v) is 9.08. The molecule has 0 aromatic heterocycles. The van der Waals surface area contributed by atoms with Gasteiger partial charge in [-0.05, 0) is 41.3 Å². The third-order valence-electron chi connectivity index (χ3n) is 5.05. The van der Waals surface area contributed by atoms with Gasteiger partial charge < -0.3 is 10.2 Å². The summed E-state index contributed by atoms with van der Waals surface area (Å²) in [4.78, 5) is 2.18. The number of benzene rings is 2. The molecule has 0 saturated heterocycles. The molecule has 3 rings (SSSR count). The largest absolute Gasteiger partial charge is 0.388 e. The molecule has 0 spiro atoms. The molecule has 0 amide bonds. The van der Waals surface area contributed by atoms with E-state index in [0.717, 1.165) is 47.8 Å². The molecule has 1 heterocycles. The van der Waals surface area contributed by atoms with E-state index in [1.807, 2.05) is 13.1 Å². The molecule has 0 bridgehead atoms. The third kappa shape index (κ3) is 3.59. The summed E-state index contributed by atoms with van der Waals surface area (Å²) in [5.41, 5.74) is 6.54. The van der Waals surface area contributed by atoms with E-state index < -0.39 is 5.92 Å². The summed E-state index contributed by atoms with van der Waals surface area (Å²) in [5.74, 6) is -2.81. The van der Waals surface area contributed by atoms with Gasteiger partial charge in [0, 0.05) is 49.6 Å². The summed E-state index contributed by atoms with van der Waals surface area (Å²) in [6.07, 6.45) is 2.06. The first-order valence-electron chi connectivity index (χ1n) is 9.08. The van der Waals surface area contributed by atoms with E-state index in [9.17, 15) is 8.78 Å². The van der Waals surface area contributed by atoms with Crippen molar-refractivity contribution in [2.75, 3.05) is 12.4 Å². The minimum atomic E-state index is -2.81. The van der Waals surface area contributed by atoms with E-state index in [1.165, 1.54) is 11.6 Å². The van der Waals surface area contributed by atoms with Crippen molar-refractivity contribution in [3.63, 3.8) is 0 Å². The standard InChI is InChI=1S/C22H26F2N2/c1-5-6-16-8-10-20(25-4)12-21(16)15(2)26-13-17-7-9-19(22(3,23)24)11-18(17)14-26/h7-12,25H,2,5-6,13-14H2,1,3-4H3. The van der Waals surface area contributed by atoms with Gasteiger partial charge in [-0.3, -0.25) is 0 Å². The van der Waals surface area contributed by atoms with Gasteiger partial charge in [0.2, 0.25) is 0 Å². The monoisotopic (exact) mass is 356 g/mol. The highest BCUT2D eigenvalue weighted by molar-refractivity contribution is 5.69. The summed E-state index contributed by atoms with van der Waals surface area (Å²) in [6, 6.07) is 11.4. The lowest BCUT2D eigenvalue weighted by Crippen LogP contribution is -2.15. The van der Waals surface area contributed by atoms with E-state index in [-0.39, 0.29) is 5.56 Å². The number of halogens is 2. The summed E-state index contributed by atoms with van der Waals surface area (Å²) in [5, 5.41) is 3.18. The fourth-order valence-corrected chi connectivity index (χ4v) is 3.52. The van der Waals surface area contributed by atoms with Gasteiger partial charge in [0.25, 0.3) is 5.92 Å². The molecule has 0 fully saturated rings. The molecule has 1 aliphatic rings. The molecular formula is C22H26F2N2. The average Bonchev–Trinajstić information content (AvgIpc) is 3.04. The number of hydrogen-bond acceptors (Lipinski definition) is 2. The van der Waals surface area contributed by atoms with Crippen molar-refractivity contribution >= 4 is 11.4 Å². The minimum Gasteiger partial charge on any atom is -0.388 e. The van der Waals surface area contributed by atoms with Crippen molar-refractivity contribution < 1.29 is 8.78 Å². The lowest BCUT2D eigenvalue weighted by molar-refractivity contribution is 0.0174. The predicted molar refractivity (Wildman–Crippen MR) is 104 cm³/mol. The Morgan fingerprint density at radius 1 is 1.15 bits per heavy atom. The second kappa shape index (κ2) is 7.10.